The number of nitriles is 1. The van der Waals surface area contributed by atoms with Gasteiger partial charge in [-0.05, 0) is 30.9 Å². The molecule has 0 aliphatic heterocycles. The summed E-state index contributed by atoms with van der Waals surface area (Å²) >= 11 is 0. The first kappa shape index (κ1) is 12.2. The highest BCUT2D eigenvalue weighted by Crippen LogP contribution is 2.32. The number of hydrogen-bond donors (Lipinski definition) is 2. The number of amides is 2. The Morgan fingerprint density at radius 1 is 1.56 bits per heavy atom. The zero-order valence-corrected chi connectivity index (χ0v) is 10.1. The summed E-state index contributed by atoms with van der Waals surface area (Å²) in [6, 6.07) is 8.42. The second-order valence-corrected chi connectivity index (χ2v) is 4.27. The van der Waals surface area contributed by atoms with Crippen LogP contribution in [0.5, 0.6) is 5.75 Å². The molecule has 94 valence electrons. The van der Waals surface area contributed by atoms with Crippen LogP contribution in [-0.2, 0) is 0 Å². The summed E-state index contributed by atoms with van der Waals surface area (Å²) < 4.78 is 5.06. The van der Waals surface area contributed by atoms with Crippen LogP contribution in [0.1, 0.15) is 12.8 Å². The zero-order valence-electron chi connectivity index (χ0n) is 10.1. The lowest BCUT2D eigenvalue weighted by Gasteiger charge is -2.12. The van der Waals surface area contributed by atoms with E-state index in [1.165, 1.54) is 0 Å². The molecule has 0 radical (unpaired) electrons. The molecule has 1 saturated carbocycles. The Hall–Kier alpha value is -2.22. The van der Waals surface area contributed by atoms with E-state index < -0.39 is 6.04 Å². The van der Waals surface area contributed by atoms with E-state index in [0.717, 1.165) is 12.8 Å². The van der Waals surface area contributed by atoms with Crippen molar-refractivity contribution in [2.45, 2.75) is 18.9 Å². The topological polar surface area (TPSA) is 74.2 Å². The third kappa shape index (κ3) is 3.14. The summed E-state index contributed by atoms with van der Waals surface area (Å²) in [5.74, 6) is 0.984. The fourth-order valence-corrected chi connectivity index (χ4v) is 1.69. The Kier molecular flexibility index (Phi) is 3.68. The molecule has 1 aromatic carbocycles. The van der Waals surface area contributed by atoms with Crippen molar-refractivity contribution < 1.29 is 9.53 Å². The first-order valence-corrected chi connectivity index (χ1v) is 5.84. The van der Waals surface area contributed by atoms with Gasteiger partial charge in [0.1, 0.15) is 11.8 Å². The van der Waals surface area contributed by atoms with E-state index in [1.807, 2.05) is 0 Å². The smallest absolute Gasteiger partial charge is 0.320 e. The van der Waals surface area contributed by atoms with Crippen molar-refractivity contribution in [2.24, 2.45) is 5.92 Å². The molecule has 1 aromatic rings. The maximum atomic E-state index is 11.7. The maximum absolute atomic E-state index is 11.7. The summed E-state index contributed by atoms with van der Waals surface area (Å²) in [5.41, 5.74) is 0.638. The highest BCUT2D eigenvalue weighted by Gasteiger charge is 2.32. The SMILES string of the molecule is COc1cccc(NC(=O)NC(C#N)C2CC2)c1. The normalized spacial score (nSPS) is 15.3. The number of hydrogen-bond acceptors (Lipinski definition) is 3. The minimum absolute atomic E-state index is 0.311. The third-order valence-electron chi connectivity index (χ3n) is 2.85. The Morgan fingerprint density at radius 2 is 2.33 bits per heavy atom. The average molecular weight is 245 g/mol. The third-order valence-corrected chi connectivity index (χ3v) is 2.85. The molecule has 0 spiro atoms. The zero-order chi connectivity index (χ0) is 13.0. The summed E-state index contributed by atoms with van der Waals surface area (Å²) in [6.45, 7) is 0. The Bertz CT molecular complexity index is 477. The van der Waals surface area contributed by atoms with Crippen molar-refractivity contribution >= 4 is 11.7 Å². The highest BCUT2D eigenvalue weighted by molar-refractivity contribution is 5.89. The van der Waals surface area contributed by atoms with Crippen molar-refractivity contribution in [1.82, 2.24) is 5.32 Å². The van der Waals surface area contributed by atoms with Crippen LogP contribution in [0.25, 0.3) is 0 Å². The van der Waals surface area contributed by atoms with Gasteiger partial charge >= 0.3 is 6.03 Å². The van der Waals surface area contributed by atoms with Crippen molar-refractivity contribution in [3.63, 3.8) is 0 Å². The van der Waals surface area contributed by atoms with E-state index in [2.05, 4.69) is 16.7 Å². The van der Waals surface area contributed by atoms with Gasteiger partial charge in [-0.3, -0.25) is 0 Å². The molecular formula is C13H15N3O2. The molecule has 1 unspecified atom stereocenters. The lowest BCUT2D eigenvalue weighted by atomic mass is 10.2. The van der Waals surface area contributed by atoms with Crippen molar-refractivity contribution in [1.29, 1.82) is 5.26 Å². The largest absolute Gasteiger partial charge is 0.497 e. The minimum atomic E-state index is -0.393. The van der Waals surface area contributed by atoms with Crippen LogP contribution in [0.3, 0.4) is 0 Å². The van der Waals surface area contributed by atoms with E-state index in [1.54, 1.807) is 31.4 Å². The van der Waals surface area contributed by atoms with E-state index in [4.69, 9.17) is 10.00 Å². The van der Waals surface area contributed by atoms with Gasteiger partial charge in [0.2, 0.25) is 0 Å². The predicted octanol–water partition coefficient (Wildman–Crippen LogP) is 2.12. The highest BCUT2D eigenvalue weighted by atomic mass is 16.5. The molecule has 2 amide bonds. The molecule has 0 saturated heterocycles. The van der Waals surface area contributed by atoms with E-state index in [-0.39, 0.29) is 6.03 Å². The number of nitrogens with one attached hydrogen (secondary N) is 2. The van der Waals surface area contributed by atoms with Gasteiger partial charge < -0.3 is 15.4 Å². The summed E-state index contributed by atoms with van der Waals surface area (Å²) in [7, 11) is 1.57. The van der Waals surface area contributed by atoms with Crippen LogP contribution in [-0.4, -0.2) is 19.2 Å². The maximum Gasteiger partial charge on any atom is 0.320 e. The molecular weight excluding hydrogens is 230 g/mol. The quantitative estimate of drug-likeness (QED) is 0.853. The Morgan fingerprint density at radius 3 is 2.94 bits per heavy atom. The number of anilines is 1. The second-order valence-electron chi connectivity index (χ2n) is 4.27. The molecule has 1 atom stereocenters. The average Bonchev–Trinajstić information content (AvgIpc) is 3.20. The predicted molar refractivity (Wildman–Crippen MR) is 67.3 cm³/mol. The fourth-order valence-electron chi connectivity index (χ4n) is 1.69. The lowest BCUT2D eigenvalue weighted by Crippen LogP contribution is -2.38. The molecule has 0 aromatic heterocycles. The van der Waals surface area contributed by atoms with Crippen LogP contribution in [0.4, 0.5) is 10.5 Å². The molecule has 5 nitrogen and oxygen atoms in total. The van der Waals surface area contributed by atoms with E-state index in [9.17, 15) is 4.79 Å². The van der Waals surface area contributed by atoms with Gasteiger partial charge in [0.15, 0.2) is 0 Å². The van der Waals surface area contributed by atoms with Gasteiger partial charge in [-0.1, -0.05) is 6.07 Å². The number of carbonyl (C=O) groups is 1. The van der Waals surface area contributed by atoms with Gasteiger partial charge in [-0.25, -0.2) is 4.79 Å². The standard InChI is InChI=1S/C13H15N3O2/c1-18-11-4-2-3-10(7-11)15-13(17)16-12(8-14)9-5-6-9/h2-4,7,9,12H,5-6H2,1H3,(H2,15,16,17). The second kappa shape index (κ2) is 5.41. The summed E-state index contributed by atoms with van der Waals surface area (Å²) in [6.07, 6.45) is 2.02. The minimum Gasteiger partial charge on any atom is -0.497 e. The van der Waals surface area contributed by atoms with Crippen LogP contribution in [0.15, 0.2) is 24.3 Å². The molecule has 1 aliphatic carbocycles. The number of methoxy groups -OCH3 is 1. The van der Waals surface area contributed by atoms with Gasteiger partial charge in [0, 0.05) is 11.8 Å². The number of nitrogens with zero attached hydrogens (tertiary/aromatic N) is 1. The Balaban J connectivity index is 1.92. The van der Waals surface area contributed by atoms with E-state index >= 15 is 0 Å². The molecule has 0 bridgehead atoms. The van der Waals surface area contributed by atoms with E-state index in [0.29, 0.717) is 17.4 Å². The first-order valence-electron chi connectivity index (χ1n) is 5.84. The number of rotatable bonds is 4. The van der Waals surface area contributed by atoms with Gasteiger partial charge in [-0.2, -0.15) is 5.26 Å². The van der Waals surface area contributed by atoms with Crippen LogP contribution in [0.2, 0.25) is 0 Å². The van der Waals surface area contributed by atoms with Gasteiger partial charge in [-0.15, -0.1) is 0 Å². The van der Waals surface area contributed by atoms with Crippen LogP contribution < -0.4 is 15.4 Å². The first-order chi connectivity index (χ1) is 8.72. The molecule has 5 heteroatoms. The number of benzene rings is 1. The van der Waals surface area contributed by atoms with Crippen LogP contribution in [0, 0.1) is 17.2 Å². The molecule has 1 fully saturated rings. The molecule has 2 N–H and O–H groups in total. The molecule has 2 rings (SSSR count). The number of ether oxygens (including phenoxy) is 1. The van der Waals surface area contributed by atoms with Gasteiger partial charge in [0.25, 0.3) is 0 Å². The van der Waals surface area contributed by atoms with Crippen molar-refractivity contribution in [2.75, 3.05) is 12.4 Å². The summed E-state index contributed by atoms with van der Waals surface area (Å²) in [5, 5.41) is 14.3. The van der Waals surface area contributed by atoms with Crippen molar-refractivity contribution in [3.8, 4) is 11.8 Å². The van der Waals surface area contributed by atoms with Crippen molar-refractivity contribution in [3.05, 3.63) is 24.3 Å². The Labute approximate surface area is 106 Å². The lowest BCUT2D eigenvalue weighted by molar-refractivity contribution is 0.249. The summed E-state index contributed by atoms with van der Waals surface area (Å²) in [4.78, 5) is 11.7. The monoisotopic (exact) mass is 245 g/mol. The molecule has 1 aliphatic rings. The van der Waals surface area contributed by atoms with Crippen LogP contribution >= 0.6 is 0 Å². The molecule has 0 heterocycles. The molecule has 18 heavy (non-hydrogen) atoms. The van der Waals surface area contributed by atoms with Gasteiger partial charge in [0.05, 0.1) is 13.2 Å². The number of carbonyl (C=O) groups excluding carboxylic acids is 1. The number of urea groups is 1. The fraction of sp³-hybridized carbons (Fsp3) is 0.385.